The molecule has 0 bridgehead atoms. The van der Waals surface area contributed by atoms with Gasteiger partial charge in [-0.1, -0.05) is 30.3 Å². The van der Waals surface area contributed by atoms with Gasteiger partial charge in [0, 0.05) is 19.6 Å². The first kappa shape index (κ1) is 20.0. The van der Waals surface area contributed by atoms with Crippen LogP contribution in [0.25, 0.3) is 10.8 Å². The number of ether oxygens (including phenoxy) is 1. The van der Waals surface area contributed by atoms with E-state index in [9.17, 15) is 9.59 Å². The van der Waals surface area contributed by atoms with Crippen LogP contribution in [0.15, 0.2) is 59.4 Å². The van der Waals surface area contributed by atoms with Gasteiger partial charge >= 0.3 is 0 Å². The molecule has 4 rings (SSSR count). The van der Waals surface area contributed by atoms with Crippen molar-refractivity contribution in [2.45, 2.75) is 19.8 Å². The number of nitrogens with one attached hydrogen (secondary N) is 1. The molecule has 1 aliphatic rings. The van der Waals surface area contributed by atoms with Crippen molar-refractivity contribution >= 4 is 22.6 Å². The van der Waals surface area contributed by atoms with Gasteiger partial charge in [0.1, 0.15) is 12.0 Å². The molecule has 2 aromatic carbocycles. The molecule has 0 unspecified atom stereocenters. The predicted molar refractivity (Wildman–Crippen MR) is 115 cm³/mol. The van der Waals surface area contributed by atoms with E-state index >= 15 is 0 Å². The van der Waals surface area contributed by atoms with E-state index in [1.807, 2.05) is 48.2 Å². The summed E-state index contributed by atoms with van der Waals surface area (Å²) in [6, 6.07) is 13.4. The molecule has 156 valence electrons. The van der Waals surface area contributed by atoms with Gasteiger partial charge in [-0.2, -0.15) is 0 Å². The van der Waals surface area contributed by atoms with Gasteiger partial charge in [0.15, 0.2) is 0 Å². The summed E-state index contributed by atoms with van der Waals surface area (Å²) < 4.78 is 10.7. The highest BCUT2D eigenvalue weighted by Crippen LogP contribution is 2.28. The summed E-state index contributed by atoms with van der Waals surface area (Å²) in [7, 11) is 0. The van der Waals surface area contributed by atoms with E-state index in [0.29, 0.717) is 49.0 Å². The van der Waals surface area contributed by atoms with E-state index in [0.717, 1.165) is 23.6 Å². The Hall–Kier alpha value is -3.28. The highest BCUT2D eigenvalue weighted by Gasteiger charge is 2.25. The molecule has 0 atom stereocenters. The van der Waals surface area contributed by atoms with Crippen LogP contribution >= 0.6 is 0 Å². The molecule has 0 saturated carbocycles. The third kappa shape index (κ3) is 4.17. The number of fused-ring (bicyclic) bond motifs is 1. The molecule has 2 heterocycles. The Labute approximate surface area is 175 Å². The standard InChI is InChI=1S/C24H26N2O4/c1-2-30-21-8-7-18-5-3-4-6-20(18)22(21)23(27)25-15-17-9-12-26(13-10-17)24(28)19-11-14-29-16-19/h3-8,11,14,16-17H,2,9-10,12-13,15H2,1H3,(H,25,27). The van der Waals surface area contributed by atoms with Gasteiger partial charge in [0.2, 0.25) is 0 Å². The maximum atomic E-state index is 13.1. The Morgan fingerprint density at radius 3 is 2.67 bits per heavy atom. The molecule has 2 amide bonds. The highest BCUT2D eigenvalue weighted by atomic mass is 16.5. The van der Waals surface area contributed by atoms with Gasteiger partial charge < -0.3 is 19.4 Å². The molecule has 1 fully saturated rings. The fourth-order valence-corrected chi connectivity index (χ4v) is 4.00. The van der Waals surface area contributed by atoms with Crippen molar-refractivity contribution < 1.29 is 18.7 Å². The van der Waals surface area contributed by atoms with Gasteiger partial charge in [0.05, 0.1) is 24.0 Å². The second-order valence-corrected chi connectivity index (χ2v) is 7.55. The fraction of sp³-hybridized carbons (Fsp3) is 0.333. The number of rotatable bonds is 6. The first-order chi connectivity index (χ1) is 14.7. The number of hydrogen-bond donors (Lipinski definition) is 1. The summed E-state index contributed by atoms with van der Waals surface area (Å²) in [5, 5.41) is 5.00. The Balaban J connectivity index is 1.39. The summed E-state index contributed by atoms with van der Waals surface area (Å²) in [6.45, 7) is 4.37. The smallest absolute Gasteiger partial charge is 0.257 e. The summed E-state index contributed by atoms with van der Waals surface area (Å²) in [6.07, 6.45) is 4.71. The van der Waals surface area contributed by atoms with Gasteiger partial charge in [-0.3, -0.25) is 9.59 Å². The second kappa shape index (κ2) is 9.03. The molecule has 1 aromatic heterocycles. The Bertz CT molecular complexity index is 1020. The summed E-state index contributed by atoms with van der Waals surface area (Å²) in [5.74, 6) is 0.831. The number of nitrogens with zero attached hydrogens (tertiary/aromatic N) is 1. The minimum atomic E-state index is -0.118. The lowest BCUT2D eigenvalue weighted by Crippen LogP contribution is -2.41. The van der Waals surface area contributed by atoms with Gasteiger partial charge in [-0.25, -0.2) is 0 Å². The monoisotopic (exact) mass is 406 g/mol. The SMILES string of the molecule is CCOc1ccc2ccccc2c1C(=O)NCC1CCN(C(=O)c2ccoc2)CC1. The van der Waals surface area contributed by atoms with E-state index in [2.05, 4.69) is 5.32 Å². The predicted octanol–water partition coefficient (Wildman–Crippen LogP) is 4.11. The van der Waals surface area contributed by atoms with E-state index in [1.165, 1.54) is 12.5 Å². The van der Waals surface area contributed by atoms with Crippen molar-refractivity contribution in [1.29, 1.82) is 0 Å². The third-order valence-corrected chi connectivity index (χ3v) is 5.64. The zero-order valence-electron chi connectivity index (χ0n) is 17.1. The summed E-state index contributed by atoms with van der Waals surface area (Å²) in [4.78, 5) is 27.3. The number of likely N-dealkylation sites (tertiary alicyclic amines) is 1. The lowest BCUT2D eigenvalue weighted by Gasteiger charge is -2.32. The zero-order chi connectivity index (χ0) is 20.9. The van der Waals surface area contributed by atoms with Crippen LogP contribution in [0.3, 0.4) is 0 Å². The zero-order valence-corrected chi connectivity index (χ0v) is 17.1. The number of amides is 2. The molecule has 30 heavy (non-hydrogen) atoms. The topological polar surface area (TPSA) is 71.8 Å². The van der Waals surface area contributed by atoms with Crippen molar-refractivity contribution in [2.24, 2.45) is 5.92 Å². The molecule has 0 radical (unpaired) electrons. The lowest BCUT2D eigenvalue weighted by atomic mass is 9.96. The van der Waals surface area contributed by atoms with Gasteiger partial charge in [0.25, 0.3) is 11.8 Å². The Morgan fingerprint density at radius 1 is 1.13 bits per heavy atom. The van der Waals surface area contributed by atoms with Crippen molar-refractivity contribution in [3.05, 3.63) is 66.1 Å². The molecular weight excluding hydrogens is 380 g/mol. The fourth-order valence-electron chi connectivity index (χ4n) is 4.00. The van der Waals surface area contributed by atoms with E-state index in [1.54, 1.807) is 6.07 Å². The van der Waals surface area contributed by atoms with Crippen LogP contribution < -0.4 is 10.1 Å². The maximum Gasteiger partial charge on any atom is 0.257 e. The maximum absolute atomic E-state index is 13.1. The highest BCUT2D eigenvalue weighted by molar-refractivity contribution is 6.09. The molecule has 6 nitrogen and oxygen atoms in total. The number of carbonyl (C=O) groups excluding carboxylic acids is 2. The van der Waals surface area contributed by atoms with Crippen LogP contribution in [0.4, 0.5) is 0 Å². The molecule has 0 aliphatic carbocycles. The quantitative estimate of drug-likeness (QED) is 0.669. The van der Waals surface area contributed by atoms with Crippen LogP contribution in [-0.4, -0.2) is 43.0 Å². The van der Waals surface area contributed by atoms with E-state index in [-0.39, 0.29) is 11.8 Å². The largest absolute Gasteiger partial charge is 0.493 e. The van der Waals surface area contributed by atoms with Crippen molar-refractivity contribution in [2.75, 3.05) is 26.2 Å². The molecule has 6 heteroatoms. The van der Waals surface area contributed by atoms with Crippen LogP contribution in [0.1, 0.15) is 40.5 Å². The number of carbonyl (C=O) groups is 2. The van der Waals surface area contributed by atoms with Gasteiger partial charge in [-0.15, -0.1) is 0 Å². The number of benzene rings is 2. The van der Waals surface area contributed by atoms with E-state index in [4.69, 9.17) is 9.15 Å². The first-order valence-corrected chi connectivity index (χ1v) is 10.4. The summed E-state index contributed by atoms with van der Waals surface area (Å²) in [5.41, 5.74) is 1.17. The van der Waals surface area contributed by atoms with Crippen molar-refractivity contribution in [3.8, 4) is 5.75 Å². The minimum absolute atomic E-state index is 0.00310. The van der Waals surface area contributed by atoms with Gasteiger partial charge in [-0.05, 0) is 48.6 Å². The van der Waals surface area contributed by atoms with Crippen LogP contribution in [0.2, 0.25) is 0 Å². The van der Waals surface area contributed by atoms with Crippen molar-refractivity contribution in [1.82, 2.24) is 10.2 Å². The average molecular weight is 406 g/mol. The molecule has 1 saturated heterocycles. The minimum Gasteiger partial charge on any atom is -0.493 e. The van der Waals surface area contributed by atoms with Crippen LogP contribution in [0.5, 0.6) is 5.75 Å². The third-order valence-electron chi connectivity index (χ3n) is 5.64. The molecular formula is C24H26N2O4. The Kier molecular flexibility index (Phi) is 6.02. The molecule has 3 aromatic rings. The number of hydrogen-bond acceptors (Lipinski definition) is 4. The lowest BCUT2D eigenvalue weighted by molar-refractivity contribution is 0.0683. The normalized spacial score (nSPS) is 14.6. The van der Waals surface area contributed by atoms with Crippen LogP contribution in [0, 0.1) is 5.92 Å². The number of furan rings is 1. The average Bonchev–Trinajstić information content (AvgIpc) is 3.32. The molecule has 1 N–H and O–H groups in total. The van der Waals surface area contributed by atoms with E-state index < -0.39 is 0 Å². The summed E-state index contributed by atoms with van der Waals surface area (Å²) >= 11 is 0. The number of piperidine rings is 1. The molecule has 1 aliphatic heterocycles. The van der Waals surface area contributed by atoms with Crippen LogP contribution in [-0.2, 0) is 0 Å². The Morgan fingerprint density at radius 2 is 1.93 bits per heavy atom. The van der Waals surface area contributed by atoms with Crippen molar-refractivity contribution in [3.63, 3.8) is 0 Å². The first-order valence-electron chi connectivity index (χ1n) is 10.4. The second-order valence-electron chi connectivity index (χ2n) is 7.55. The molecule has 0 spiro atoms.